The van der Waals surface area contributed by atoms with E-state index in [0.29, 0.717) is 5.82 Å². The van der Waals surface area contributed by atoms with E-state index in [2.05, 4.69) is 11.2 Å². The molecule has 0 fully saturated rings. The van der Waals surface area contributed by atoms with E-state index < -0.39 is 0 Å². The zero-order valence-corrected chi connectivity index (χ0v) is 12.1. The van der Waals surface area contributed by atoms with Crippen molar-refractivity contribution in [3.05, 3.63) is 60.2 Å². The molecule has 0 unspecified atom stereocenters. The summed E-state index contributed by atoms with van der Waals surface area (Å²) < 4.78 is 7.13. The van der Waals surface area contributed by atoms with Crippen molar-refractivity contribution in [2.24, 2.45) is 0 Å². The van der Waals surface area contributed by atoms with Crippen LogP contribution in [0.2, 0.25) is 0 Å². The van der Waals surface area contributed by atoms with Gasteiger partial charge in [0.05, 0.1) is 18.5 Å². The maximum Gasteiger partial charge on any atom is 0.128 e. The Morgan fingerprint density at radius 1 is 1.05 bits per heavy atom. The summed E-state index contributed by atoms with van der Waals surface area (Å²) in [5, 5.41) is 4.61. The summed E-state index contributed by atoms with van der Waals surface area (Å²) in [5.41, 5.74) is 9.96. The van der Waals surface area contributed by atoms with E-state index in [1.165, 1.54) is 5.56 Å². The van der Waals surface area contributed by atoms with Gasteiger partial charge in [0.2, 0.25) is 0 Å². The van der Waals surface area contributed by atoms with Gasteiger partial charge in [-0.05, 0) is 36.8 Å². The second-order valence-electron chi connectivity index (χ2n) is 4.91. The normalized spacial score (nSPS) is 10.6. The molecule has 21 heavy (non-hydrogen) atoms. The average Bonchev–Trinajstić information content (AvgIpc) is 2.89. The highest BCUT2D eigenvalue weighted by molar-refractivity contribution is 5.69. The maximum absolute atomic E-state index is 6.11. The maximum atomic E-state index is 6.11. The number of nitrogens with two attached hydrogens (primary N) is 1. The molecular weight excluding hydrogens is 262 g/mol. The van der Waals surface area contributed by atoms with Gasteiger partial charge in [-0.3, -0.25) is 0 Å². The van der Waals surface area contributed by atoms with Crippen molar-refractivity contribution in [1.82, 2.24) is 9.78 Å². The Morgan fingerprint density at radius 3 is 2.62 bits per heavy atom. The summed E-state index contributed by atoms with van der Waals surface area (Å²) in [4.78, 5) is 0. The van der Waals surface area contributed by atoms with Crippen molar-refractivity contribution >= 4 is 5.82 Å². The molecule has 0 aliphatic rings. The third-order valence-corrected chi connectivity index (χ3v) is 3.37. The lowest BCUT2D eigenvalue weighted by Crippen LogP contribution is -2.01. The molecule has 0 spiro atoms. The van der Waals surface area contributed by atoms with Crippen LogP contribution >= 0.6 is 0 Å². The smallest absolute Gasteiger partial charge is 0.128 e. The molecular formula is C17H17N3O. The largest absolute Gasteiger partial charge is 0.496 e. The Bertz CT molecular complexity index is 777. The lowest BCUT2D eigenvalue weighted by molar-refractivity contribution is 0.416. The Labute approximate surface area is 123 Å². The third-order valence-electron chi connectivity index (χ3n) is 3.37. The fourth-order valence-corrected chi connectivity index (χ4v) is 2.35. The number of aromatic nitrogens is 2. The Hall–Kier alpha value is -2.75. The van der Waals surface area contributed by atoms with E-state index in [-0.39, 0.29) is 0 Å². The van der Waals surface area contributed by atoms with Crippen LogP contribution in [0.3, 0.4) is 0 Å². The number of hydrogen-bond donors (Lipinski definition) is 1. The summed E-state index contributed by atoms with van der Waals surface area (Å²) in [5.74, 6) is 1.38. The molecule has 3 aromatic rings. The average molecular weight is 279 g/mol. The summed E-state index contributed by atoms with van der Waals surface area (Å²) in [6.07, 6.45) is 0. The number of aryl methyl sites for hydroxylation is 1. The minimum Gasteiger partial charge on any atom is -0.496 e. The van der Waals surface area contributed by atoms with Gasteiger partial charge < -0.3 is 10.5 Å². The molecule has 0 aliphatic carbocycles. The van der Waals surface area contributed by atoms with Crippen LogP contribution in [0.25, 0.3) is 16.9 Å². The van der Waals surface area contributed by atoms with Crippen molar-refractivity contribution in [1.29, 1.82) is 0 Å². The zero-order chi connectivity index (χ0) is 14.8. The minimum atomic E-state index is 0.599. The van der Waals surface area contributed by atoms with Crippen LogP contribution in [0.4, 0.5) is 5.82 Å². The van der Waals surface area contributed by atoms with E-state index in [9.17, 15) is 0 Å². The molecule has 1 heterocycles. The van der Waals surface area contributed by atoms with Crippen LogP contribution in [-0.2, 0) is 0 Å². The number of rotatable bonds is 3. The number of nitrogens with zero attached hydrogens (tertiary/aromatic N) is 2. The molecule has 4 nitrogen and oxygen atoms in total. The van der Waals surface area contributed by atoms with Crippen molar-refractivity contribution in [2.45, 2.75) is 6.92 Å². The van der Waals surface area contributed by atoms with Crippen molar-refractivity contribution in [3.63, 3.8) is 0 Å². The summed E-state index contributed by atoms with van der Waals surface area (Å²) in [6, 6.07) is 17.7. The van der Waals surface area contributed by atoms with E-state index in [0.717, 1.165) is 22.7 Å². The number of para-hydroxylation sites is 1. The minimum absolute atomic E-state index is 0.599. The van der Waals surface area contributed by atoms with Crippen molar-refractivity contribution < 1.29 is 4.74 Å². The van der Waals surface area contributed by atoms with Crippen LogP contribution < -0.4 is 10.5 Å². The number of hydrogen-bond acceptors (Lipinski definition) is 3. The van der Waals surface area contributed by atoms with E-state index in [4.69, 9.17) is 10.5 Å². The first-order valence-corrected chi connectivity index (χ1v) is 6.75. The molecule has 2 N–H and O–H groups in total. The molecule has 3 rings (SSSR count). The first kappa shape index (κ1) is 13.2. The van der Waals surface area contributed by atoms with Gasteiger partial charge in [-0.25, -0.2) is 4.68 Å². The Morgan fingerprint density at radius 2 is 1.86 bits per heavy atom. The van der Waals surface area contributed by atoms with Gasteiger partial charge in [0.1, 0.15) is 11.6 Å². The van der Waals surface area contributed by atoms with Crippen molar-refractivity contribution in [3.8, 4) is 22.7 Å². The molecule has 0 saturated heterocycles. The molecule has 1 aromatic heterocycles. The van der Waals surface area contributed by atoms with Crippen LogP contribution in [0.1, 0.15) is 5.56 Å². The summed E-state index contributed by atoms with van der Waals surface area (Å²) >= 11 is 0. The summed E-state index contributed by atoms with van der Waals surface area (Å²) in [6.45, 7) is 2.05. The van der Waals surface area contributed by atoms with E-state index in [1.54, 1.807) is 11.8 Å². The van der Waals surface area contributed by atoms with Crippen LogP contribution in [0.5, 0.6) is 5.75 Å². The van der Waals surface area contributed by atoms with Gasteiger partial charge in [0.15, 0.2) is 0 Å². The van der Waals surface area contributed by atoms with Gasteiger partial charge in [-0.15, -0.1) is 0 Å². The zero-order valence-electron chi connectivity index (χ0n) is 12.1. The van der Waals surface area contributed by atoms with Gasteiger partial charge in [0, 0.05) is 11.6 Å². The molecule has 106 valence electrons. The first-order chi connectivity index (χ1) is 10.2. The summed E-state index contributed by atoms with van der Waals surface area (Å²) in [7, 11) is 1.65. The lowest BCUT2D eigenvalue weighted by Gasteiger charge is -2.06. The first-order valence-electron chi connectivity index (χ1n) is 6.75. The van der Waals surface area contributed by atoms with Crippen molar-refractivity contribution in [2.75, 3.05) is 12.8 Å². The lowest BCUT2D eigenvalue weighted by atomic mass is 10.1. The molecule has 0 aliphatic heterocycles. The highest BCUT2D eigenvalue weighted by atomic mass is 16.5. The SMILES string of the molecule is COc1ccccc1-c1cc(N)n(-c2cccc(C)c2)n1. The molecule has 2 aromatic carbocycles. The monoisotopic (exact) mass is 279 g/mol. The standard InChI is InChI=1S/C17H17N3O/c1-12-6-5-7-13(10-12)20-17(18)11-15(19-20)14-8-3-4-9-16(14)21-2/h3-11H,18H2,1-2H3. The number of methoxy groups -OCH3 is 1. The highest BCUT2D eigenvalue weighted by Gasteiger charge is 2.12. The van der Waals surface area contributed by atoms with Gasteiger partial charge >= 0.3 is 0 Å². The van der Waals surface area contributed by atoms with Crippen LogP contribution in [-0.4, -0.2) is 16.9 Å². The number of ether oxygens (including phenoxy) is 1. The predicted molar refractivity (Wildman–Crippen MR) is 84.7 cm³/mol. The van der Waals surface area contributed by atoms with Gasteiger partial charge in [-0.2, -0.15) is 5.10 Å². The molecule has 0 amide bonds. The van der Waals surface area contributed by atoms with Gasteiger partial charge in [-0.1, -0.05) is 24.3 Å². The third kappa shape index (κ3) is 2.48. The highest BCUT2D eigenvalue weighted by Crippen LogP contribution is 2.30. The predicted octanol–water partition coefficient (Wildman–Crippen LogP) is 3.44. The molecule has 0 atom stereocenters. The van der Waals surface area contributed by atoms with Gasteiger partial charge in [0.25, 0.3) is 0 Å². The number of anilines is 1. The van der Waals surface area contributed by atoms with E-state index >= 15 is 0 Å². The molecule has 0 radical (unpaired) electrons. The quantitative estimate of drug-likeness (QED) is 0.799. The second-order valence-corrected chi connectivity index (χ2v) is 4.91. The van der Waals surface area contributed by atoms with Crippen LogP contribution in [0, 0.1) is 6.92 Å². The Kier molecular flexibility index (Phi) is 3.36. The number of benzene rings is 2. The Balaban J connectivity index is 2.10. The topological polar surface area (TPSA) is 53.1 Å². The fourth-order valence-electron chi connectivity index (χ4n) is 2.35. The second kappa shape index (κ2) is 5.32. The fraction of sp³-hybridized carbons (Fsp3) is 0.118. The molecule has 0 bridgehead atoms. The van der Waals surface area contributed by atoms with Crippen LogP contribution in [0.15, 0.2) is 54.6 Å². The number of nitrogen functional groups attached to an aromatic ring is 1. The van der Waals surface area contributed by atoms with E-state index in [1.807, 2.05) is 55.5 Å². The molecule has 4 heteroatoms. The molecule has 0 saturated carbocycles.